The van der Waals surface area contributed by atoms with Crippen LogP contribution in [0.2, 0.25) is 0 Å². The van der Waals surface area contributed by atoms with Crippen molar-refractivity contribution in [3.8, 4) is 27.8 Å². The van der Waals surface area contributed by atoms with E-state index in [4.69, 9.17) is 19.2 Å². The molecule has 0 spiro atoms. The molecule has 5 rings (SSSR count). The molecule has 0 radical (unpaired) electrons. The summed E-state index contributed by atoms with van der Waals surface area (Å²) >= 11 is 3.22. The third-order valence-electron chi connectivity index (χ3n) is 5.45. The lowest BCUT2D eigenvalue weighted by Crippen LogP contribution is -2.12. The minimum atomic E-state index is -0.255. The summed E-state index contributed by atoms with van der Waals surface area (Å²) < 4.78 is 19.2. The molecule has 7 nitrogen and oxygen atoms in total. The standard InChI is InChI=1S/C26H26N4O3S2/c1-5-8-30-24(18(4)33-21-10-16(2)9-17(3)11-21)28-29-26(30)35-14-20-13-34-25(27-20)19-6-7-22-23(12-19)32-15-31-22/h5-7,9-13,18H,1,8,14-15H2,2-4H3. The third-order valence-corrected chi connectivity index (χ3v) is 7.39. The van der Waals surface area contributed by atoms with Crippen LogP contribution in [0.1, 0.15) is 35.7 Å². The molecule has 0 fully saturated rings. The maximum absolute atomic E-state index is 6.21. The van der Waals surface area contributed by atoms with Gasteiger partial charge in [-0.2, -0.15) is 0 Å². The highest BCUT2D eigenvalue weighted by atomic mass is 32.2. The molecule has 9 heteroatoms. The zero-order chi connectivity index (χ0) is 24.4. The summed E-state index contributed by atoms with van der Waals surface area (Å²) in [5.41, 5.74) is 4.34. The van der Waals surface area contributed by atoms with E-state index in [9.17, 15) is 0 Å². The number of thioether (sulfide) groups is 1. The van der Waals surface area contributed by atoms with E-state index in [0.717, 1.165) is 44.5 Å². The number of benzene rings is 2. The number of ether oxygens (including phenoxy) is 3. The van der Waals surface area contributed by atoms with E-state index in [-0.39, 0.29) is 12.9 Å². The summed E-state index contributed by atoms with van der Waals surface area (Å²) in [6.07, 6.45) is 1.59. The Balaban J connectivity index is 1.29. The van der Waals surface area contributed by atoms with Gasteiger partial charge >= 0.3 is 0 Å². The van der Waals surface area contributed by atoms with Crippen LogP contribution in [0.3, 0.4) is 0 Å². The van der Waals surface area contributed by atoms with Crippen molar-refractivity contribution in [2.24, 2.45) is 0 Å². The smallest absolute Gasteiger partial charge is 0.231 e. The fraction of sp³-hybridized carbons (Fsp3) is 0.269. The van der Waals surface area contributed by atoms with E-state index in [1.54, 1.807) is 23.1 Å². The maximum Gasteiger partial charge on any atom is 0.231 e. The highest BCUT2D eigenvalue weighted by molar-refractivity contribution is 7.98. The minimum absolute atomic E-state index is 0.255. The van der Waals surface area contributed by atoms with Crippen LogP contribution >= 0.6 is 23.1 Å². The molecule has 0 saturated carbocycles. The Morgan fingerprint density at radius 1 is 1.14 bits per heavy atom. The molecular weight excluding hydrogens is 480 g/mol. The Morgan fingerprint density at radius 3 is 2.74 bits per heavy atom. The van der Waals surface area contributed by atoms with Crippen LogP contribution < -0.4 is 14.2 Å². The second-order valence-corrected chi connectivity index (χ2v) is 10.1. The first kappa shape index (κ1) is 23.4. The maximum atomic E-state index is 6.21. The van der Waals surface area contributed by atoms with Crippen molar-refractivity contribution >= 4 is 23.1 Å². The lowest BCUT2D eigenvalue weighted by molar-refractivity contribution is 0.174. The Bertz CT molecular complexity index is 1340. The number of thiazole rings is 1. The zero-order valence-corrected chi connectivity index (χ0v) is 21.5. The summed E-state index contributed by atoms with van der Waals surface area (Å²) in [6, 6.07) is 12.1. The predicted molar refractivity (Wildman–Crippen MR) is 138 cm³/mol. The van der Waals surface area contributed by atoms with Crippen LogP contribution in [-0.2, 0) is 12.3 Å². The lowest BCUT2D eigenvalue weighted by atomic mass is 10.1. The monoisotopic (exact) mass is 506 g/mol. The molecule has 3 heterocycles. The zero-order valence-electron chi connectivity index (χ0n) is 19.9. The van der Waals surface area contributed by atoms with E-state index in [0.29, 0.717) is 12.3 Å². The number of allylic oxidation sites excluding steroid dienone is 1. The van der Waals surface area contributed by atoms with Gasteiger partial charge < -0.3 is 14.2 Å². The number of nitrogens with zero attached hydrogens (tertiary/aromatic N) is 4. The van der Waals surface area contributed by atoms with Gasteiger partial charge in [-0.1, -0.05) is 23.9 Å². The first-order valence-electron chi connectivity index (χ1n) is 11.3. The molecule has 0 amide bonds. The molecule has 1 atom stereocenters. The quantitative estimate of drug-likeness (QED) is 0.193. The Hall–Kier alpha value is -3.30. The van der Waals surface area contributed by atoms with Crippen LogP contribution in [0.5, 0.6) is 17.2 Å². The molecule has 35 heavy (non-hydrogen) atoms. The summed E-state index contributed by atoms with van der Waals surface area (Å²) in [5.74, 6) is 3.81. The summed E-state index contributed by atoms with van der Waals surface area (Å²) in [7, 11) is 0. The van der Waals surface area contributed by atoms with E-state index in [1.165, 1.54) is 11.1 Å². The van der Waals surface area contributed by atoms with Gasteiger partial charge in [0, 0.05) is 23.2 Å². The second-order valence-electron chi connectivity index (χ2n) is 8.32. The van der Waals surface area contributed by atoms with Crippen molar-refractivity contribution in [2.75, 3.05) is 6.79 Å². The highest BCUT2D eigenvalue weighted by Crippen LogP contribution is 2.37. The summed E-state index contributed by atoms with van der Waals surface area (Å²) in [5, 5.41) is 12.7. The topological polar surface area (TPSA) is 71.3 Å². The SMILES string of the molecule is C=CCn1c(SCc2csc(-c3ccc4c(c3)OCO4)n2)nnc1C(C)Oc1cc(C)cc(C)c1. The molecule has 0 bridgehead atoms. The molecule has 1 aliphatic heterocycles. The molecule has 1 aliphatic rings. The first-order chi connectivity index (χ1) is 17.0. The average molecular weight is 507 g/mol. The molecular formula is C26H26N4O3S2. The van der Waals surface area contributed by atoms with Gasteiger partial charge in [0.1, 0.15) is 10.8 Å². The molecule has 0 N–H and O–H groups in total. The van der Waals surface area contributed by atoms with Crippen LogP contribution in [0, 0.1) is 13.8 Å². The number of rotatable bonds is 9. The number of aromatic nitrogens is 4. The molecule has 0 saturated heterocycles. The van der Waals surface area contributed by atoms with E-state index in [2.05, 4.69) is 46.6 Å². The molecule has 180 valence electrons. The van der Waals surface area contributed by atoms with Gasteiger partial charge in [0.2, 0.25) is 6.79 Å². The van der Waals surface area contributed by atoms with Crippen LogP contribution in [0.15, 0.2) is 59.6 Å². The van der Waals surface area contributed by atoms with Gasteiger partial charge in [-0.3, -0.25) is 4.57 Å². The van der Waals surface area contributed by atoms with E-state index in [1.807, 2.05) is 43.3 Å². The minimum Gasteiger partial charge on any atom is -0.483 e. The lowest BCUT2D eigenvalue weighted by Gasteiger charge is -2.16. The van der Waals surface area contributed by atoms with Gasteiger partial charge in [0.25, 0.3) is 0 Å². The van der Waals surface area contributed by atoms with Crippen molar-refractivity contribution in [1.29, 1.82) is 0 Å². The van der Waals surface area contributed by atoms with Crippen molar-refractivity contribution in [2.45, 2.75) is 44.3 Å². The highest BCUT2D eigenvalue weighted by Gasteiger charge is 2.20. The fourth-order valence-corrected chi connectivity index (χ4v) is 5.71. The van der Waals surface area contributed by atoms with Crippen molar-refractivity contribution in [1.82, 2.24) is 19.7 Å². The number of aryl methyl sites for hydroxylation is 2. The van der Waals surface area contributed by atoms with Crippen molar-refractivity contribution in [3.05, 3.63) is 77.1 Å². The Labute approximate surface area is 212 Å². The van der Waals surface area contributed by atoms with Gasteiger partial charge in [-0.15, -0.1) is 28.1 Å². The molecule has 2 aromatic heterocycles. The molecule has 0 aliphatic carbocycles. The van der Waals surface area contributed by atoms with E-state index >= 15 is 0 Å². The van der Waals surface area contributed by atoms with Gasteiger partial charge in [-0.25, -0.2) is 4.98 Å². The number of hydrogen-bond acceptors (Lipinski definition) is 8. The molecule has 1 unspecified atom stereocenters. The third kappa shape index (κ3) is 5.21. The van der Waals surface area contributed by atoms with Crippen molar-refractivity contribution < 1.29 is 14.2 Å². The number of hydrogen-bond donors (Lipinski definition) is 0. The Morgan fingerprint density at radius 2 is 1.94 bits per heavy atom. The number of fused-ring (bicyclic) bond motifs is 1. The summed E-state index contributed by atoms with van der Waals surface area (Å²) in [4.78, 5) is 4.81. The van der Waals surface area contributed by atoms with Gasteiger partial charge in [0.15, 0.2) is 28.6 Å². The van der Waals surface area contributed by atoms with E-state index < -0.39 is 0 Å². The molecule has 4 aromatic rings. The summed E-state index contributed by atoms with van der Waals surface area (Å²) in [6.45, 7) is 10.9. The predicted octanol–water partition coefficient (Wildman–Crippen LogP) is 6.37. The molecule has 2 aromatic carbocycles. The average Bonchev–Trinajstić information content (AvgIpc) is 3.56. The van der Waals surface area contributed by atoms with Crippen molar-refractivity contribution in [3.63, 3.8) is 0 Å². The first-order valence-corrected chi connectivity index (χ1v) is 13.1. The largest absolute Gasteiger partial charge is 0.483 e. The van der Waals surface area contributed by atoms with Gasteiger partial charge in [0.05, 0.1) is 5.69 Å². The second kappa shape index (κ2) is 10.1. The van der Waals surface area contributed by atoms with Crippen LogP contribution in [0.4, 0.5) is 0 Å². The van der Waals surface area contributed by atoms with Crippen LogP contribution in [0.25, 0.3) is 10.6 Å². The van der Waals surface area contributed by atoms with Crippen LogP contribution in [-0.4, -0.2) is 26.5 Å². The van der Waals surface area contributed by atoms with Gasteiger partial charge in [-0.05, 0) is 62.2 Å². The fourth-order valence-electron chi connectivity index (χ4n) is 3.94. The Kier molecular flexibility index (Phi) is 6.79. The normalized spacial score (nSPS) is 13.1.